The number of ether oxygens (including phenoxy) is 3. The Morgan fingerprint density at radius 3 is 2.81 bits per heavy atom. The highest BCUT2D eigenvalue weighted by Crippen LogP contribution is 2.38. The molecule has 192 valence electrons. The van der Waals surface area contributed by atoms with Crippen molar-refractivity contribution in [2.45, 2.75) is 38.1 Å². The van der Waals surface area contributed by atoms with Crippen LogP contribution in [-0.2, 0) is 16.9 Å². The van der Waals surface area contributed by atoms with Gasteiger partial charge in [-0.25, -0.2) is 13.9 Å². The van der Waals surface area contributed by atoms with Gasteiger partial charge in [0.15, 0.2) is 16.9 Å². The van der Waals surface area contributed by atoms with Crippen LogP contribution in [0.5, 0.6) is 11.5 Å². The minimum absolute atomic E-state index is 0.192. The molecule has 4 aromatic heterocycles. The Bertz CT molecular complexity index is 1540. The molecule has 1 aromatic carbocycles. The zero-order valence-corrected chi connectivity index (χ0v) is 21.1. The number of pyridine rings is 1. The number of imidazole rings is 1. The summed E-state index contributed by atoms with van der Waals surface area (Å²) in [6.07, 6.45) is 1.58. The van der Waals surface area contributed by atoms with E-state index in [1.54, 1.807) is 30.0 Å². The highest BCUT2D eigenvalue weighted by Gasteiger charge is 2.33. The number of hydrogen-bond acceptors (Lipinski definition) is 9. The van der Waals surface area contributed by atoms with Crippen LogP contribution in [0, 0.1) is 0 Å². The largest absolute Gasteiger partial charge is 0.496 e. The molecule has 6 rings (SSSR count). The molecule has 0 unspecified atom stereocenters. The second kappa shape index (κ2) is 9.40. The second-order valence-electron chi connectivity index (χ2n) is 9.00. The molecule has 9 nitrogen and oxygen atoms in total. The molecule has 1 fully saturated rings. The quantitative estimate of drug-likeness (QED) is 0.309. The Labute approximate surface area is 215 Å². The summed E-state index contributed by atoms with van der Waals surface area (Å²) < 4.78 is 38.3. The van der Waals surface area contributed by atoms with Crippen LogP contribution in [0.25, 0.3) is 27.4 Å². The van der Waals surface area contributed by atoms with Crippen molar-refractivity contribution in [3.05, 3.63) is 59.0 Å². The van der Waals surface area contributed by atoms with Crippen molar-refractivity contribution in [3.8, 4) is 23.0 Å². The van der Waals surface area contributed by atoms with Gasteiger partial charge in [0.1, 0.15) is 35.0 Å². The number of halogens is 1. The summed E-state index contributed by atoms with van der Waals surface area (Å²) >= 11 is 1.20. The van der Waals surface area contributed by atoms with Gasteiger partial charge in [-0.2, -0.15) is 5.10 Å². The number of aromatic nitrogens is 4. The molecule has 1 saturated heterocycles. The minimum atomic E-state index is -1.15. The molecule has 5 aromatic rings. The fourth-order valence-electron chi connectivity index (χ4n) is 4.38. The van der Waals surface area contributed by atoms with Gasteiger partial charge in [-0.1, -0.05) is 17.4 Å². The maximum Gasteiger partial charge on any atom is 0.212 e. The number of nitrogens with zero attached hydrogens (tertiary/aromatic N) is 4. The first-order chi connectivity index (χ1) is 17.9. The first-order valence-electron chi connectivity index (χ1n) is 11.9. The average Bonchev–Trinajstić information content (AvgIpc) is 3.61. The number of hydrogen-bond donors (Lipinski definition) is 1. The summed E-state index contributed by atoms with van der Waals surface area (Å²) in [5, 5.41) is 16.4. The van der Waals surface area contributed by atoms with E-state index in [0.717, 1.165) is 5.39 Å². The van der Waals surface area contributed by atoms with E-state index in [2.05, 4.69) is 15.1 Å². The molecule has 1 aliphatic heterocycles. The van der Waals surface area contributed by atoms with Crippen molar-refractivity contribution in [1.29, 1.82) is 0 Å². The van der Waals surface area contributed by atoms with E-state index in [9.17, 15) is 9.50 Å². The molecule has 0 saturated carbocycles. The number of aliphatic hydroxyl groups is 1. The van der Waals surface area contributed by atoms with E-state index >= 15 is 0 Å². The van der Waals surface area contributed by atoms with Gasteiger partial charge in [-0.05, 0) is 25.1 Å². The van der Waals surface area contributed by atoms with Gasteiger partial charge in [-0.3, -0.25) is 4.98 Å². The number of benzene rings is 1. The normalized spacial score (nSPS) is 16.3. The SMILES string of the molecule is COc1cc(OCc2cccc(C3(O)CCOCC3)n2)c2cc(-c3cn4nc([C@H](C)F)sc4n3)oc2c1. The lowest BCUT2D eigenvalue weighted by Crippen LogP contribution is -2.34. The molecule has 1 atom stereocenters. The van der Waals surface area contributed by atoms with Crippen LogP contribution >= 0.6 is 11.3 Å². The predicted octanol–water partition coefficient (Wildman–Crippen LogP) is 5.22. The van der Waals surface area contributed by atoms with Crippen molar-refractivity contribution < 1.29 is 28.1 Å². The monoisotopic (exact) mass is 524 g/mol. The number of methoxy groups -OCH3 is 1. The Morgan fingerprint density at radius 2 is 2.05 bits per heavy atom. The van der Waals surface area contributed by atoms with Crippen molar-refractivity contribution in [1.82, 2.24) is 19.6 Å². The Kier molecular flexibility index (Phi) is 6.06. The smallest absolute Gasteiger partial charge is 0.212 e. The third kappa shape index (κ3) is 4.54. The predicted molar refractivity (Wildman–Crippen MR) is 135 cm³/mol. The summed E-state index contributed by atoms with van der Waals surface area (Å²) in [5.41, 5.74) is 1.47. The topological polar surface area (TPSA) is 104 Å². The molecule has 0 aliphatic carbocycles. The lowest BCUT2D eigenvalue weighted by atomic mass is 9.90. The van der Waals surface area contributed by atoms with E-state index in [0.29, 0.717) is 75.9 Å². The second-order valence-corrected chi connectivity index (χ2v) is 9.99. The van der Waals surface area contributed by atoms with Gasteiger partial charge < -0.3 is 23.7 Å². The molecule has 11 heteroatoms. The van der Waals surface area contributed by atoms with Crippen molar-refractivity contribution >= 4 is 27.3 Å². The highest BCUT2D eigenvalue weighted by molar-refractivity contribution is 7.16. The number of fused-ring (bicyclic) bond motifs is 2. The molecule has 0 amide bonds. The van der Waals surface area contributed by atoms with Gasteiger partial charge in [0, 0.05) is 38.2 Å². The van der Waals surface area contributed by atoms with Crippen LogP contribution in [0.15, 0.2) is 47.0 Å². The van der Waals surface area contributed by atoms with E-state index in [4.69, 9.17) is 18.6 Å². The molecule has 5 heterocycles. The zero-order chi connectivity index (χ0) is 25.6. The van der Waals surface area contributed by atoms with Crippen LogP contribution in [0.1, 0.15) is 42.3 Å². The summed E-state index contributed by atoms with van der Waals surface area (Å²) in [4.78, 5) is 9.80. The Balaban J connectivity index is 1.29. The zero-order valence-electron chi connectivity index (χ0n) is 20.3. The molecule has 0 radical (unpaired) electrons. The highest BCUT2D eigenvalue weighted by atomic mass is 32.1. The van der Waals surface area contributed by atoms with Gasteiger partial charge in [-0.15, -0.1) is 0 Å². The van der Waals surface area contributed by atoms with Gasteiger partial charge in [0.25, 0.3) is 0 Å². The number of alkyl halides is 1. The summed E-state index contributed by atoms with van der Waals surface area (Å²) in [5.74, 6) is 1.67. The molecule has 1 aliphatic rings. The third-order valence-corrected chi connectivity index (χ3v) is 7.52. The first kappa shape index (κ1) is 23.8. The first-order valence-corrected chi connectivity index (χ1v) is 12.7. The van der Waals surface area contributed by atoms with Crippen LogP contribution in [-0.4, -0.2) is 45.0 Å². The Hall–Kier alpha value is -3.54. The fraction of sp³-hybridized carbons (Fsp3) is 0.346. The van der Waals surface area contributed by atoms with Crippen LogP contribution < -0.4 is 9.47 Å². The van der Waals surface area contributed by atoms with Gasteiger partial charge in [0.2, 0.25) is 4.96 Å². The molecular weight excluding hydrogens is 499 g/mol. The lowest BCUT2D eigenvalue weighted by molar-refractivity contribution is -0.0706. The van der Waals surface area contributed by atoms with E-state index < -0.39 is 11.8 Å². The van der Waals surface area contributed by atoms with Crippen LogP contribution in [0.4, 0.5) is 4.39 Å². The van der Waals surface area contributed by atoms with Crippen LogP contribution in [0.3, 0.4) is 0 Å². The van der Waals surface area contributed by atoms with Crippen molar-refractivity contribution in [3.63, 3.8) is 0 Å². The number of furan rings is 1. The van der Waals surface area contributed by atoms with Crippen molar-refractivity contribution in [2.24, 2.45) is 0 Å². The molecule has 1 N–H and O–H groups in total. The molecule has 0 spiro atoms. The molecule has 0 bridgehead atoms. The maximum absolute atomic E-state index is 13.6. The maximum atomic E-state index is 13.6. The van der Waals surface area contributed by atoms with E-state index in [1.807, 2.05) is 24.3 Å². The molecule has 37 heavy (non-hydrogen) atoms. The van der Waals surface area contributed by atoms with E-state index in [-0.39, 0.29) is 6.61 Å². The minimum Gasteiger partial charge on any atom is -0.496 e. The number of rotatable bonds is 7. The van der Waals surface area contributed by atoms with Gasteiger partial charge in [0.05, 0.1) is 30.1 Å². The van der Waals surface area contributed by atoms with E-state index in [1.165, 1.54) is 18.3 Å². The summed E-state index contributed by atoms with van der Waals surface area (Å²) in [7, 11) is 1.58. The Morgan fingerprint density at radius 1 is 1.22 bits per heavy atom. The van der Waals surface area contributed by atoms with Crippen molar-refractivity contribution in [2.75, 3.05) is 20.3 Å². The fourth-order valence-corrected chi connectivity index (χ4v) is 5.19. The van der Waals surface area contributed by atoms with Crippen LogP contribution in [0.2, 0.25) is 0 Å². The standard InChI is InChI=1S/C26H25FN4O5S/c1-15(27)24-30-31-13-19(29-25(31)37-24)22-12-18-20(10-17(33-2)11-21(18)36-22)35-14-16-4-3-5-23(28-16)26(32)6-8-34-9-7-26/h3-5,10-13,15,32H,6-9,14H2,1-2H3/t15-/m0/s1. The third-order valence-electron chi connectivity index (χ3n) is 6.44. The lowest BCUT2D eigenvalue weighted by Gasteiger charge is -2.31. The average molecular weight is 525 g/mol. The van der Waals surface area contributed by atoms with Gasteiger partial charge >= 0.3 is 0 Å². The summed E-state index contributed by atoms with van der Waals surface area (Å²) in [6, 6.07) is 11.0. The molecular formula is C26H25FN4O5S. The summed E-state index contributed by atoms with van der Waals surface area (Å²) in [6.45, 7) is 2.65.